The first kappa shape index (κ1) is 13.9. The molecule has 0 aliphatic rings. The quantitative estimate of drug-likeness (QED) is 0.652. The van der Waals surface area contributed by atoms with Gasteiger partial charge in [-0.05, 0) is 39.7 Å². The van der Waals surface area contributed by atoms with Crippen molar-refractivity contribution in [3.63, 3.8) is 0 Å². The first-order valence-electron chi connectivity index (χ1n) is 6.46. The van der Waals surface area contributed by atoms with Crippen LogP contribution in [0.3, 0.4) is 0 Å². The molecule has 21 heavy (non-hydrogen) atoms. The molecule has 0 saturated carbocycles. The molecule has 0 fully saturated rings. The Hall–Kier alpha value is -2.07. The molecule has 4 heteroatoms. The number of fused-ring (bicyclic) bond motifs is 1. The van der Waals surface area contributed by atoms with Crippen molar-refractivity contribution in [2.75, 3.05) is 0 Å². The predicted molar refractivity (Wildman–Crippen MR) is 83.9 cm³/mol. The third-order valence-electron chi connectivity index (χ3n) is 3.33. The van der Waals surface area contributed by atoms with Gasteiger partial charge in [0.1, 0.15) is 5.82 Å². The van der Waals surface area contributed by atoms with Crippen molar-refractivity contribution in [2.24, 2.45) is 0 Å². The highest BCUT2D eigenvalue weighted by Gasteiger charge is 2.14. The molecule has 1 heterocycles. The van der Waals surface area contributed by atoms with Gasteiger partial charge in [-0.2, -0.15) is 0 Å². The molecule has 3 aromatic rings. The summed E-state index contributed by atoms with van der Waals surface area (Å²) >= 11 is 3.19. The molecule has 0 atom stereocenters. The molecule has 0 N–H and O–H groups in total. The fourth-order valence-corrected chi connectivity index (χ4v) is 2.70. The first-order chi connectivity index (χ1) is 10.2. The minimum Gasteiger partial charge on any atom is -0.294 e. The van der Waals surface area contributed by atoms with Crippen LogP contribution in [0.25, 0.3) is 10.9 Å². The number of hydrogen-bond donors (Lipinski definition) is 0. The zero-order valence-corrected chi connectivity index (χ0v) is 12.6. The third kappa shape index (κ3) is 2.72. The van der Waals surface area contributed by atoms with E-state index in [1.54, 1.807) is 30.5 Å². The first-order valence-corrected chi connectivity index (χ1v) is 7.26. The number of benzene rings is 2. The molecule has 3 rings (SSSR count). The van der Waals surface area contributed by atoms with Gasteiger partial charge in [0.25, 0.3) is 0 Å². The van der Waals surface area contributed by atoms with E-state index in [4.69, 9.17) is 0 Å². The molecule has 0 radical (unpaired) electrons. The minimum atomic E-state index is -0.361. The number of halogens is 2. The van der Waals surface area contributed by atoms with E-state index in [1.165, 1.54) is 6.07 Å². The lowest BCUT2D eigenvalue weighted by molar-refractivity contribution is 0.0994. The highest BCUT2D eigenvalue weighted by atomic mass is 79.9. The number of nitrogens with zero attached hydrogens (tertiary/aromatic N) is 1. The van der Waals surface area contributed by atoms with E-state index in [0.717, 1.165) is 10.9 Å². The van der Waals surface area contributed by atoms with Crippen molar-refractivity contribution in [3.05, 3.63) is 76.1 Å². The molecular weight excluding hydrogens is 333 g/mol. The summed E-state index contributed by atoms with van der Waals surface area (Å²) in [7, 11) is 0. The van der Waals surface area contributed by atoms with Crippen LogP contribution in [0.15, 0.2) is 59.2 Å². The normalized spacial score (nSPS) is 10.8. The number of rotatable bonds is 3. The minimum absolute atomic E-state index is 0.0556. The maximum atomic E-state index is 13.5. The Morgan fingerprint density at radius 1 is 1.10 bits per heavy atom. The standard InChI is InChI=1S/C17H11BrFNO/c18-17-11(4-1-7-14(17)19)10-16(21)13-5-2-8-15-12(13)6-3-9-20-15/h1-9H,10H2. The highest BCUT2D eigenvalue weighted by Crippen LogP contribution is 2.24. The van der Waals surface area contributed by atoms with Crippen LogP contribution in [-0.2, 0) is 6.42 Å². The van der Waals surface area contributed by atoms with Crippen LogP contribution in [0.4, 0.5) is 4.39 Å². The Bertz CT molecular complexity index is 827. The molecule has 104 valence electrons. The zero-order chi connectivity index (χ0) is 14.8. The molecule has 2 aromatic carbocycles. The van der Waals surface area contributed by atoms with Crippen molar-refractivity contribution >= 4 is 32.6 Å². The van der Waals surface area contributed by atoms with Crippen molar-refractivity contribution < 1.29 is 9.18 Å². The fraction of sp³-hybridized carbons (Fsp3) is 0.0588. The molecule has 0 amide bonds. The number of aromatic nitrogens is 1. The Labute approximate surface area is 129 Å². The predicted octanol–water partition coefficient (Wildman–Crippen LogP) is 4.56. The number of pyridine rings is 1. The monoisotopic (exact) mass is 343 g/mol. The van der Waals surface area contributed by atoms with E-state index in [2.05, 4.69) is 20.9 Å². The largest absolute Gasteiger partial charge is 0.294 e. The molecule has 1 aromatic heterocycles. The van der Waals surface area contributed by atoms with Crippen LogP contribution < -0.4 is 0 Å². The van der Waals surface area contributed by atoms with Gasteiger partial charge in [-0.25, -0.2) is 4.39 Å². The van der Waals surface area contributed by atoms with E-state index in [1.807, 2.05) is 18.2 Å². The topological polar surface area (TPSA) is 30.0 Å². The highest BCUT2D eigenvalue weighted by molar-refractivity contribution is 9.10. The molecule has 0 spiro atoms. The number of Topliss-reactive ketones (excluding diaryl/α,β-unsaturated/α-hetero) is 1. The SMILES string of the molecule is O=C(Cc1cccc(F)c1Br)c1cccc2ncccc12. The maximum absolute atomic E-state index is 13.5. The van der Waals surface area contributed by atoms with Crippen LogP contribution in [0, 0.1) is 5.82 Å². The lowest BCUT2D eigenvalue weighted by Gasteiger charge is -2.07. The summed E-state index contributed by atoms with van der Waals surface area (Å²) in [5.41, 5.74) is 2.03. The molecule has 0 aliphatic heterocycles. The molecule has 0 bridgehead atoms. The second-order valence-corrected chi connectivity index (χ2v) is 5.48. The van der Waals surface area contributed by atoms with E-state index in [-0.39, 0.29) is 18.0 Å². The van der Waals surface area contributed by atoms with Crippen molar-refractivity contribution in [1.82, 2.24) is 4.98 Å². The van der Waals surface area contributed by atoms with Crippen molar-refractivity contribution in [3.8, 4) is 0 Å². The Balaban J connectivity index is 2.00. The third-order valence-corrected chi connectivity index (χ3v) is 4.22. The van der Waals surface area contributed by atoms with Gasteiger partial charge in [-0.1, -0.05) is 30.3 Å². The molecule has 2 nitrogen and oxygen atoms in total. The van der Waals surface area contributed by atoms with Crippen LogP contribution in [0.5, 0.6) is 0 Å². The van der Waals surface area contributed by atoms with Gasteiger partial charge < -0.3 is 0 Å². The van der Waals surface area contributed by atoms with Crippen LogP contribution in [0.2, 0.25) is 0 Å². The van der Waals surface area contributed by atoms with E-state index in [9.17, 15) is 9.18 Å². The lowest BCUT2D eigenvalue weighted by atomic mass is 9.99. The average Bonchev–Trinajstić information content (AvgIpc) is 2.51. The van der Waals surface area contributed by atoms with Crippen molar-refractivity contribution in [2.45, 2.75) is 6.42 Å². The number of hydrogen-bond acceptors (Lipinski definition) is 2. The zero-order valence-electron chi connectivity index (χ0n) is 11.0. The average molecular weight is 344 g/mol. The Kier molecular flexibility index (Phi) is 3.80. The van der Waals surface area contributed by atoms with Gasteiger partial charge in [-0.15, -0.1) is 0 Å². The Morgan fingerprint density at radius 3 is 2.76 bits per heavy atom. The summed E-state index contributed by atoms with van der Waals surface area (Å²) in [4.78, 5) is 16.8. The van der Waals surface area contributed by atoms with Crippen LogP contribution >= 0.6 is 15.9 Å². The van der Waals surface area contributed by atoms with Gasteiger partial charge in [-0.3, -0.25) is 9.78 Å². The lowest BCUT2D eigenvalue weighted by Crippen LogP contribution is -2.05. The summed E-state index contributed by atoms with van der Waals surface area (Å²) < 4.78 is 13.9. The van der Waals surface area contributed by atoms with E-state index >= 15 is 0 Å². The maximum Gasteiger partial charge on any atom is 0.167 e. The second kappa shape index (κ2) is 5.74. The molecule has 0 aliphatic carbocycles. The van der Waals surface area contributed by atoms with Gasteiger partial charge in [0.2, 0.25) is 0 Å². The number of carbonyl (C=O) groups excluding carboxylic acids is 1. The number of carbonyl (C=O) groups is 1. The Morgan fingerprint density at radius 2 is 1.90 bits per heavy atom. The van der Waals surface area contributed by atoms with Gasteiger partial charge in [0.05, 0.1) is 9.99 Å². The van der Waals surface area contributed by atoms with E-state index < -0.39 is 0 Å². The van der Waals surface area contributed by atoms with Crippen LogP contribution in [-0.4, -0.2) is 10.8 Å². The molecule has 0 unspecified atom stereocenters. The van der Waals surface area contributed by atoms with Crippen molar-refractivity contribution in [1.29, 1.82) is 0 Å². The molecular formula is C17H11BrFNO. The summed E-state index contributed by atoms with van der Waals surface area (Å²) in [6, 6.07) is 13.8. The summed E-state index contributed by atoms with van der Waals surface area (Å²) in [6.07, 6.45) is 1.84. The number of ketones is 1. The van der Waals surface area contributed by atoms with Gasteiger partial charge >= 0.3 is 0 Å². The smallest absolute Gasteiger partial charge is 0.167 e. The van der Waals surface area contributed by atoms with Gasteiger partial charge in [0, 0.05) is 23.6 Å². The van der Waals surface area contributed by atoms with Gasteiger partial charge in [0.15, 0.2) is 5.78 Å². The summed E-state index contributed by atoms with van der Waals surface area (Å²) in [5.74, 6) is -0.417. The summed E-state index contributed by atoms with van der Waals surface area (Å²) in [5, 5.41) is 0.817. The van der Waals surface area contributed by atoms with Crippen LogP contribution in [0.1, 0.15) is 15.9 Å². The fourth-order valence-electron chi connectivity index (χ4n) is 2.30. The van der Waals surface area contributed by atoms with E-state index in [0.29, 0.717) is 15.6 Å². The molecule has 0 saturated heterocycles. The second-order valence-electron chi connectivity index (χ2n) is 4.69. The summed E-state index contributed by atoms with van der Waals surface area (Å²) in [6.45, 7) is 0.